The number of amides is 1. The van der Waals surface area contributed by atoms with E-state index in [0.717, 1.165) is 37.8 Å². The van der Waals surface area contributed by atoms with Gasteiger partial charge in [0.25, 0.3) is 0 Å². The maximum atomic E-state index is 11.8. The number of nitrogens with one attached hydrogen (secondary N) is 2. The molecule has 6 heteroatoms. The summed E-state index contributed by atoms with van der Waals surface area (Å²) in [6, 6.07) is 4.59. The Hall–Kier alpha value is -1.82. The molecular formula is C18H29N3O3. The van der Waals surface area contributed by atoms with Crippen LogP contribution in [0.15, 0.2) is 18.3 Å². The highest BCUT2D eigenvalue weighted by molar-refractivity contribution is 5.68. The fourth-order valence-electron chi connectivity index (χ4n) is 2.91. The van der Waals surface area contributed by atoms with E-state index in [9.17, 15) is 4.79 Å². The molecule has 1 aromatic rings. The van der Waals surface area contributed by atoms with Gasteiger partial charge in [-0.05, 0) is 52.5 Å². The zero-order valence-corrected chi connectivity index (χ0v) is 15.1. The van der Waals surface area contributed by atoms with Crippen molar-refractivity contribution in [3.05, 3.63) is 23.9 Å². The van der Waals surface area contributed by atoms with E-state index < -0.39 is 5.60 Å². The second kappa shape index (κ2) is 8.33. The molecule has 0 aromatic carbocycles. The highest BCUT2D eigenvalue weighted by atomic mass is 16.6. The molecule has 2 rings (SSSR count). The van der Waals surface area contributed by atoms with Crippen LogP contribution in [-0.2, 0) is 11.3 Å². The molecule has 0 saturated heterocycles. The van der Waals surface area contributed by atoms with Crippen LogP contribution in [0.25, 0.3) is 0 Å². The summed E-state index contributed by atoms with van der Waals surface area (Å²) in [5, 5.41) is 6.53. The van der Waals surface area contributed by atoms with Crippen molar-refractivity contribution in [2.75, 3.05) is 7.11 Å². The fourth-order valence-corrected chi connectivity index (χ4v) is 2.91. The number of carbonyl (C=O) groups excluding carboxylic acids is 1. The van der Waals surface area contributed by atoms with Crippen LogP contribution in [0, 0.1) is 0 Å². The monoisotopic (exact) mass is 335 g/mol. The molecule has 0 unspecified atom stereocenters. The van der Waals surface area contributed by atoms with Crippen molar-refractivity contribution in [1.82, 2.24) is 15.6 Å². The van der Waals surface area contributed by atoms with Gasteiger partial charge in [-0.15, -0.1) is 0 Å². The van der Waals surface area contributed by atoms with E-state index in [1.54, 1.807) is 13.3 Å². The van der Waals surface area contributed by atoms with Gasteiger partial charge in [0.15, 0.2) is 0 Å². The van der Waals surface area contributed by atoms with Crippen LogP contribution >= 0.6 is 0 Å². The van der Waals surface area contributed by atoms with Gasteiger partial charge in [0.05, 0.1) is 7.11 Å². The van der Waals surface area contributed by atoms with E-state index >= 15 is 0 Å². The number of ether oxygens (including phenoxy) is 2. The minimum Gasteiger partial charge on any atom is -0.481 e. The summed E-state index contributed by atoms with van der Waals surface area (Å²) < 4.78 is 10.6. The Labute approximate surface area is 144 Å². The molecule has 1 aliphatic rings. The third-order valence-corrected chi connectivity index (χ3v) is 4.07. The largest absolute Gasteiger partial charge is 0.481 e. The van der Waals surface area contributed by atoms with Gasteiger partial charge in [-0.1, -0.05) is 6.07 Å². The molecule has 1 fully saturated rings. The molecule has 0 aliphatic heterocycles. The maximum absolute atomic E-state index is 11.8. The lowest BCUT2D eigenvalue weighted by Crippen LogP contribution is -2.43. The van der Waals surface area contributed by atoms with Crippen LogP contribution in [0.5, 0.6) is 5.88 Å². The Morgan fingerprint density at radius 3 is 2.54 bits per heavy atom. The minimum atomic E-state index is -0.453. The topological polar surface area (TPSA) is 72.5 Å². The average Bonchev–Trinajstić information content (AvgIpc) is 2.52. The van der Waals surface area contributed by atoms with Gasteiger partial charge in [0, 0.05) is 30.4 Å². The van der Waals surface area contributed by atoms with Crippen molar-refractivity contribution in [1.29, 1.82) is 0 Å². The van der Waals surface area contributed by atoms with E-state index in [2.05, 4.69) is 15.6 Å². The van der Waals surface area contributed by atoms with Crippen molar-refractivity contribution >= 4 is 6.09 Å². The zero-order chi connectivity index (χ0) is 17.6. The summed E-state index contributed by atoms with van der Waals surface area (Å²) in [7, 11) is 1.64. The van der Waals surface area contributed by atoms with E-state index in [-0.39, 0.29) is 12.1 Å². The van der Waals surface area contributed by atoms with Crippen molar-refractivity contribution in [2.24, 2.45) is 0 Å². The van der Waals surface area contributed by atoms with Gasteiger partial charge in [0.1, 0.15) is 5.60 Å². The Kier molecular flexibility index (Phi) is 6.43. The first kappa shape index (κ1) is 18.5. The van der Waals surface area contributed by atoms with Crippen LogP contribution in [0.3, 0.4) is 0 Å². The molecule has 1 saturated carbocycles. The van der Waals surface area contributed by atoms with E-state index in [1.807, 2.05) is 32.9 Å². The highest BCUT2D eigenvalue weighted by Crippen LogP contribution is 2.21. The average molecular weight is 335 g/mol. The quantitative estimate of drug-likeness (QED) is 0.865. The van der Waals surface area contributed by atoms with Gasteiger partial charge in [-0.3, -0.25) is 0 Å². The second-order valence-electron chi connectivity index (χ2n) is 7.25. The lowest BCUT2D eigenvalue weighted by molar-refractivity contribution is 0.0489. The predicted molar refractivity (Wildman–Crippen MR) is 93.0 cm³/mol. The molecule has 6 nitrogen and oxygen atoms in total. The second-order valence-corrected chi connectivity index (χ2v) is 7.25. The number of aromatic nitrogens is 1. The Balaban J connectivity index is 1.72. The number of pyridine rings is 1. The van der Waals surface area contributed by atoms with Crippen molar-refractivity contribution in [3.63, 3.8) is 0 Å². The highest BCUT2D eigenvalue weighted by Gasteiger charge is 2.24. The number of alkyl carbamates (subject to hydrolysis) is 1. The smallest absolute Gasteiger partial charge is 0.407 e. The van der Waals surface area contributed by atoms with Crippen LogP contribution in [0.2, 0.25) is 0 Å². The first-order chi connectivity index (χ1) is 11.4. The summed E-state index contributed by atoms with van der Waals surface area (Å²) in [5.41, 5.74) is 0.611. The van der Waals surface area contributed by atoms with Gasteiger partial charge >= 0.3 is 6.09 Å². The molecule has 1 aliphatic carbocycles. The summed E-state index contributed by atoms with van der Waals surface area (Å²) >= 11 is 0. The van der Waals surface area contributed by atoms with E-state index in [1.165, 1.54) is 0 Å². The molecular weight excluding hydrogens is 306 g/mol. The molecule has 2 N–H and O–H groups in total. The van der Waals surface area contributed by atoms with Gasteiger partial charge in [-0.2, -0.15) is 0 Å². The van der Waals surface area contributed by atoms with Gasteiger partial charge < -0.3 is 20.1 Å². The molecule has 24 heavy (non-hydrogen) atoms. The summed E-state index contributed by atoms with van der Waals surface area (Å²) in [6.45, 7) is 6.37. The minimum absolute atomic E-state index is 0.200. The van der Waals surface area contributed by atoms with Crippen LogP contribution in [-0.4, -0.2) is 35.9 Å². The molecule has 1 aromatic heterocycles. The van der Waals surface area contributed by atoms with Gasteiger partial charge in [-0.25, -0.2) is 9.78 Å². The first-order valence-corrected chi connectivity index (χ1v) is 8.58. The van der Waals surface area contributed by atoms with E-state index in [0.29, 0.717) is 11.9 Å². The van der Waals surface area contributed by atoms with Crippen molar-refractivity contribution in [3.8, 4) is 5.88 Å². The summed E-state index contributed by atoms with van der Waals surface area (Å²) in [5.74, 6) is 0.672. The SMILES string of the molecule is COc1ncccc1CNC1CCC(NC(=O)OC(C)(C)C)CC1. The molecule has 0 atom stereocenters. The zero-order valence-electron chi connectivity index (χ0n) is 15.1. The molecule has 0 radical (unpaired) electrons. The fraction of sp³-hybridized carbons (Fsp3) is 0.667. The summed E-state index contributed by atoms with van der Waals surface area (Å²) in [4.78, 5) is 16.0. The molecule has 0 spiro atoms. The lowest BCUT2D eigenvalue weighted by atomic mass is 9.91. The standard InChI is InChI=1S/C18H29N3O3/c1-18(2,3)24-17(22)21-15-9-7-14(8-10-15)20-12-13-6-5-11-19-16(13)23-4/h5-6,11,14-15,20H,7-10,12H2,1-4H3,(H,21,22). The summed E-state index contributed by atoms with van der Waals surface area (Å²) in [6.07, 6.45) is 5.39. The van der Waals surface area contributed by atoms with Gasteiger partial charge in [0.2, 0.25) is 5.88 Å². The maximum Gasteiger partial charge on any atom is 0.407 e. The Morgan fingerprint density at radius 2 is 1.92 bits per heavy atom. The number of carbonyl (C=O) groups is 1. The van der Waals surface area contributed by atoms with E-state index in [4.69, 9.17) is 9.47 Å². The number of hydrogen-bond acceptors (Lipinski definition) is 5. The number of hydrogen-bond donors (Lipinski definition) is 2. The number of methoxy groups -OCH3 is 1. The molecule has 0 bridgehead atoms. The predicted octanol–water partition coefficient (Wildman–Crippen LogP) is 3.02. The lowest BCUT2D eigenvalue weighted by Gasteiger charge is -2.30. The van der Waals surface area contributed by atoms with Crippen LogP contribution in [0.4, 0.5) is 4.79 Å². The molecule has 1 amide bonds. The van der Waals surface area contributed by atoms with Crippen molar-refractivity contribution in [2.45, 2.75) is 70.7 Å². The van der Waals surface area contributed by atoms with Crippen LogP contribution < -0.4 is 15.4 Å². The normalized spacial score (nSPS) is 21.2. The molecule has 134 valence electrons. The number of rotatable bonds is 5. The van der Waals surface area contributed by atoms with Crippen LogP contribution in [0.1, 0.15) is 52.0 Å². The Morgan fingerprint density at radius 1 is 1.25 bits per heavy atom. The van der Waals surface area contributed by atoms with Crippen molar-refractivity contribution < 1.29 is 14.3 Å². The Bertz CT molecular complexity index is 535. The third-order valence-electron chi connectivity index (χ3n) is 4.07. The molecule has 1 heterocycles. The number of nitrogens with zero attached hydrogens (tertiary/aromatic N) is 1. The first-order valence-electron chi connectivity index (χ1n) is 8.58. The third kappa shape index (κ3) is 6.00.